The van der Waals surface area contributed by atoms with E-state index in [9.17, 15) is 14.4 Å². The summed E-state index contributed by atoms with van der Waals surface area (Å²) in [6, 6.07) is 7.25. The summed E-state index contributed by atoms with van der Waals surface area (Å²) in [6.07, 6.45) is 7.74. The number of fused-ring (bicyclic) bond motifs is 1. The quantitative estimate of drug-likeness (QED) is 0.749. The molecule has 3 fully saturated rings. The van der Waals surface area contributed by atoms with Crippen molar-refractivity contribution in [1.29, 1.82) is 0 Å². The van der Waals surface area contributed by atoms with E-state index in [1.165, 1.54) is 4.90 Å². The zero-order valence-electron chi connectivity index (χ0n) is 18.2. The first-order chi connectivity index (χ1) is 14.5. The van der Waals surface area contributed by atoms with Gasteiger partial charge in [-0.15, -0.1) is 0 Å². The molecule has 2 saturated heterocycles. The lowest BCUT2D eigenvalue weighted by atomic mass is 9.81. The molecule has 3 unspecified atom stereocenters. The highest BCUT2D eigenvalue weighted by molar-refractivity contribution is 6.17. The molecule has 2 aliphatic heterocycles. The molecular formula is C24H33N3O3. The summed E-state index contributed by atoms with van der Waals surface area (Å²) in [7, 11) is 0. The molecule has 4 rings (SSSR count). The van der Waals surface area contributed by atoms with Crippen molar-refractivity contribution in [2.75, 3.05) is 18.0 Å². The molecule has 162 valence electrons. The van der Waals surface area contributed by atoms with Crippen LogP contribution < -0.4 is 4.90 Å². The third-order valence-corrected chi connectivity index (χ3v) is 7.12. The number of benzene rings is 1. The van der Waals surface area contributed by atoms with E-state index in [1.807, 2.05) is 36.1 Å². The molecule has 0 radical (unpaired) electrons. The van der Waals surface area contributed by atoms with Gasteiger partial charge in [0.05, 0.1) is 11.6 Å². The van der Waals surface area contributed by atoms with E-state index in [1.54, 1.807) is 4.90 Å². The van der Waals surface area contributed by atoms with E-state index in [0.29, 0.717) is 5.69 Å². The summed E-state index contributed by atoms with van der Waals surface area (Å²) in [5.74, 6) is -0.298. The molecule has 6 heteroatoms. The number of hydrogen-bond acceptors (Lipinski definition) is 3. The summed E-state index contributed by atoms with van der Waals surface area (Å²) < 4.78 is 0. The summed E-state index contributed by atoms with van der Waals surface area (Å²) in [5.41, 5.74) is 1.68. The lowest BCUT2D eigenvalue weighted by Crippen LogP contribution is -2.64. The molecule has 0 bridgehead atoms. The smallest absolute Gasteiger partial charge is 0.332 e. The molecule has 1 aromatic carbocycles. The van der Waals surface area contributed by atoms with Gasteiger partial charge in [-0.25, -0.2) is 9.69 Å². The first kappa shape index (κ1) is 20.9. The Morgan fingerprint density at radius 1 is 1.00 bits per heavy atom. The Balaban J connectivity index is 1.61. The van der Waals surface area contributed by atoms with Crippen LogP contribution in [-0.2, 0) is 9.59 Å². The van der Waals surface area contributed by atoms with Crippen molar-refractivity contribution in [2.24, 2.45) is 5.92 Å². The molecule has 1 saturated carbocycles. The van der Waals surface area contributed by atoms with E-state index >= 15 is 0 Å². The lowest BCUT2D eigenvalue weighted by molar-refractivity contribution is -0.138. The Morgan fingerprint density at radius 2 is 1.70 bits per heavy atom. The van der Waals surface area contributed by atoms with E-state index < -0.39 is 0 Å². The highest BCUT2D eigenvalue weighted by Crippen LogP contribution is 2.36. The average molecular weight is 412 g/mol. The van der Waals surface area contributed by atoms with Gasteiger partial charge in [-0.05, 0) is 57.6 Å². The number of anilines is 1. The molecule has 0 N–H and O–H groups in total. The molecule has 1 aromatic rings. The largest absolute Gasteiger partial charge is 0.338 e. The fourth-order valence-corrected chi connectivity index (χ4v) is 5.41. The van der Waals surface area contributed by atoms with Crippen molar-refractivity contribution >= 4 is 23.5 Å². The fraction of sp³-hybridized carbons (Fsp3) is 0.625. The van der Waals surface area contributed by atoms with Gasteiger partial charge in [0.2, 0.25) is 11.8 Å². The van der Waals surface area contributed by atoms with Gasteiger partial charge in [-0.3, -0.25) is 9.59 Å². The van der Waals surface area contributed by atoms with Crippen LogP contribution in [0.2, 0.25) is 0 Å². The monoisotopic (exact) mass is 411 g/mol. The van der Waals surface area contributed by atoms with Crippen molar-refractivity contribution < 1.29 is 14.4 Å². The minimum Gasteiger partial charge on any atom is -0.338 e. The van der Waals surface area contributed by atoms with Crippen LogP contribution in [0.15, 0.2) is 24.3 Å². The minimum atomic E-state index is -0.342. The Bertz CT molecular complexity index is 806. The van der Waals surface area contributed by atoms with Crippen LogP contribution in [0.4, 0.5) is 10.5 Å². The second-order valence-corrected chi connectivity index (χ2v) is 9.02. The average Bonchev–Trinajstić information content (AvgIpc) is 2.77. The Labute approximate surface area is 179 Å². The molecule has 30 heavy (non-hydrogen) atoms. The van der Waals surface area contributed by atoms with Crippen LogP contribution in [0.25, 0.3) is 0 Å². The number of urea groups is 1. The zero-order valence-corrected chi connectivity index (χ0v) is 18.2. The van der Waals surface area contributed by atoms with Gasteiger partial charge in [0, 0.05) is 18.6 Å². The maximum Gasteiger partial charge on any atom is 0.332 e. The predicted octanol–water partition coefficient (Wildman–Crippen LogP) is 4.11. The number of hydrogen-bond donors (Lipinski definition) is 0. The molecule has 1 aliphatic carbocycles. The van der Waals surface area contributed by atoms with Crippen molar-refractivity contribution in [3.05, 3.63) is 29.8 Å². The first-order valence-electron chi connectivity index (χ1n) is 11.5. The van der Waals surface area contributed by atoms with E-state index in [4.69, 9.17) is 0 Å². The molecule has 4 amide bonds. The van der Waals surface area contributed by atoms with Gasteiger partial charge in [-0.1, -0.05) is 37.5 Å². The van der Waals surface area contributed by atoms with Crippen molar-refractivity contribution in [3.8, 4) is 0 Å². The zero-order chi connectivity index (χ0) is 21.3. The molecule has 3 atom stereocenters. The number of aryl methyl sites for hydroxylation is 1. The second-order valence-electron chi connectivity index (χ2n) is 9.02. The maximum atomic E-state index is 13.5. The summed E-state index contributed by atoms with van der Waals surface area (Å²) in [5, 5.41) is 0. The van der Waals surface area contributed by atoms with Gasteiger partial charge in [0.25, 0.3) is 0 Å². The molecule has 0 spiro atoms. The Hall–Kier alpha value is -2.37. The van der Waals surface area contributed by atoms with Gasteiger partial charge < -0.3 is 9.80 Å². The Morgan fingerprint density at radius 3 is 2.43 bits per heavy atom. The number of carbonyl (C=O) groups is 3. The van der Waals surface area contributed by atoms with Crippen LogP contribution >= 0.6 is 0 Å². The number of likely N-dealkylation sites (tertiary alicyclic amines) is 1. The van der Waals surface area contributed by atoms with Gasteiger partial charge in [-0.2, -0.15) is 0 Å². The van der Waals surface area contributed by atoms with Crippen LogP contribution in [0.1, 0.15) is 63.9 Å². The van der Waals surface area contributed by atoms with Crippen LogP contribution in [-0.4, -0.2) is 52.8 Å². The van der Waals surface area contributed by atoms with Crippen molar-refractivity contribution in [3.63, 3.8) is 0 Å². The second kappa shape index (κ2) is 8.78. The molecular weight excluding hydrogens is 378 g/mol. The summed E-state index contributed by atoms with van der Waals surface area (Å²) in [4.78, 5) is 45.0. The van der Waals surface area contributed by atoms with Crippen molar-refractivity contribution in [1.82, 2.24) is 9.80 Å². The highest BCUT2D eigenvalue weighted by atomic mass is 16.2. The predicted molar refractivity (Wildman–Crippen MR) is 116 cm³/mol. The van der Waals surface area contributed by atoms with Gasteiger partial charge in [0.15, 0.2) is 0 Å². The highest BCUT2D eigenvalue weighted by Gasteiger charge is 2.48. The molecule has 3 aliphatic rings. The summed E-state index contributed by atoms with van der Waals surface area (Å²) >= 11 is 0. The number of imide groups is 1. The number of piperidine rings is 1. The number of rotatable bonds is 4. The SMILES string of the molecule is CCC1CCCCN1C(=O)CN1C(=O)N(c2ccc(C)cc2)C(=O)C2CCCCC21. The number of carbonyl (C=O) groups excluding carboxylic acids is 3. The summed E-state index contributed by atoms with van der Waals surface area (Å²) in [6.45, 7) is 4.95. The molecule has 6 nitrogen and oxygen atoms in total. The van der Waals surface area contributed by atoms with Gasteiger partial charge in [0.1, 0.15) is 6.54 Å². The van der Waals surface area contributed by atoms with E-state index in [2.05, 4.69) is 6.92 Å². The Kier molecular flexibility index (Phi) is 6.11. The topological polar surface area (TPSA) is 60.9 Å². The lowest BCUT2D eigenvalue weighted by Gasteiger charge is -2.47. The third-order valence-electron chi connectivity index (χ3n) is 7.12. The molecule has 2 heterocycles. The van der Waals surface area contributed by atoms with Gasteiger partial charge >= 0.3 is 6.03 Å². The maximum absolute atomic E-state index is 13.5. The number of nitrogens with zero attached hydrogens (tertiary/aromatic N) is 3. The third kappa shape index (κ3) is 3.84. The van der Waals surface area contributed by atoms with Crippen molar-refractivity contribution in [2.45, 2.75) is 77.3 Å². The van der Waals surface area contributed by atoms with E-state index in [-0.39, 0.29) is 42.4 Å². The van der Waals surface area contributed by atoms with Crippen LogP contribution in [0, 0.1) is 12.8 Å². The first-order valence-corrected chi connectivity index (χ1v) is 11.5. The van der Waals surface area contributed by atoms with Crippen LogP contribution in [0.3, 0.4) is 0 Å². The van der Waals surface area contributed by atoms with E-state index in [0.717, 1.165) is 63.5 Å². The van der Waals surface area contributed by atoms with Crippen LogP contribution in [0.5, 0.6) is 0 Å². The normalized spacial score (nSPS) is 27.3. The fourth-order valence-electron chi connectivity index (χ4n) is 5.41. The standard InChI is InChI=1S/C24H33N3O3/c1-3-18-8-6-7-15-25(18)22(28)16-26-21-10-5-4-9-20(21)23(29)27(24(26)30)19-13-11-17(2)12-14-19/h11-14,18,20-21H,3-10,15-16H2,1-2H3. The molecule has 0 aromatic heterocycles. The minimum absolute atomic E-state index is 0.0254. The number of amides is 4.